The monoisotopic (exact) mass is 234 g/mol. The first-order valence-electron chi connectivity index (χ1n) is 6.46. The number of pyridine rings is 1. The Labute approximate surface area is 104 Å². The van der Waals surface area contributed by atoms with Crippen LogP contribution in [0.2, 0.25) is 0 Å². The van der Waals surface area contributed by atoms with Crippen LogP contribution in [0.1, 0.15) is 38.3 Å². The molecule has 1 aliphatic heterocycles. The van der Waals surface area contributed by atoms with Crippen molar-refractivity contribution in [2.45, 2.75) is 38.7 Å². The van der Waals surface area contributed by atoms with Gasteiger partial charge in [-0.15, -0.1) is 0 Å². The number of hydrogen-bond acceptors (Lipinski definition) is 3. The largest absolute Gasteiger partial charge is 0.489 e. The molecule has 1 aliphatic rings. The zero-order valence-corrected chi connectivity index (χ0v) is 11.0. The minimum Gasteiger partial charge on any atom is -0.489 e. The van der Waals surface area contributed by atoms with E-state index < -0.39 is 0 Å². The molecule has 0 amide bonds. The molecule has 2 heterocycles. The summed E-state index contributed by atoms with van der Waals surface area (Å²) < 4.78 is 5.95. The van der Waals surface area contributed by atoms with Crippen molar-refractivity contribution < 1.29 is 4.74 Å². The van der Waals surface area contributed by atoms with Crippen LogP contribution in [0, 0.1) is 0 Å². The van der Waals surface area contributed by atoms with Crippen LogP contribution in [0.3, 0.4) is 0 Å². The summed E-state index contributed by atoms with van der Waals surface area (Å²) >= 11 is 0. The van der Waals surface area contributed by atoms with E-state index in [2.05, 4.69) is 36.8 Å². The number of hydrogen-bond donors (Lipinski definition) is 0. The minimum atomic E-state index is 0.359. The summed E-state index contributed by atoms with van der Waals surface area (Å²) in [6.45, 7) is 6.56. The minimum absolute atomic E-state index is 0.359. The lowest BCUT2D eigenvalue weighted by Crippen LogP contribution is -2.35. The summed E-state index contributed by atoms with van der Waals surface area (Å²) in [5.41, 5.74) is 1.13. The van der Waals surface area contributed by atoms with Crippen molar-refractivity contribution in [3.05, 3.63) is 24.0 Å². The third kappa shape index (κ3) is 3.43. The summed E-state index contributed by atoms with van der Waals surface area (Å²) in [7, 11) is 2.16. The van der Waals surface area contributed by atoms with Gasteiger partial charge in [-0.1, -0.05) is 13.8 Å². The molecule has 3 heteroatoms. The molecule has 2 rings (SSSR count). The molecule has 0 saturated carbocycles. The molecule has 17 heavy (non-hydrogen) atoms. The Bertz CT molecular complexity index is 340. The third-order valence-electron chi connectivity index (χ3n) is 3.32. The number of nitrogens with zero attached hydrogens (tertiary/aromatic N) is 2. The highest BCUT2D eigenvalue weighted by Crippen LogP contribution is 2.19. The normalized spacial score (nSPS) is 18.6. The van der Waals surface area contributed by atoms with Gasteiger partial charge in [0.2, 0.25) is 0 Å². The second kappa shape index (κ2) is 5.50. The predicted octanol–water partition coefficient (Wildman–Crippen LogP) is 2.68. The first kappa shape index (κ1) is 12.4. The standard InChI is InChI=1S/C14H22N2O/c1-11(2)14-5-4-13(10-15-14)17-12-6-8-16(3)9-7-12/h4-5,10-12H,6-9H2,1-3H3. The number of ether oxygens (including phenoxy) is 1. The zero-order valence-electron chi connectivity index (χ0n) is 11.0. The number of piperidine rings is 1. The van der Waals surface area contributed by atoms with Crippen LogP contribution in [-0.2, 0) is 0 Å². The Hall–Kier alpha value is -1.09. The summed E-state index contributed by atoms with van der Waals surface area (Å²) in [5, 5.41) is 0. The molecule has 0 aromatic carbocycles. The fourth-order valence-corrected chi connectivity index (χ4v) is 2.10. The average molecular weight is 234 g/mol. The lowest BCUT2D eigenvalue weighted by Gasteiger charge is -2.29. The third-order valence-corrected chi connectivity index (χ3v) is 3.32. The quantitative estimate of drug-likeness (QED) is 0.804. The number of rotatable bonds is 3. The van der Waals surface area contributed by atoms with Crippen molar-refractivity contribution >= 4 is 0 Å². The SMILES string of the molecule is CC(C)c1ccc(OC2CCN(C)CC2)cn1. The Balaban J connectivity index is 1.90. The highest BCUT2D eigenvalue weighted by Gasteiger charge is 2.18. The highest BCUT2D eigenvalue weighted by molar-refractivity contribution is 5.21. The molecule has 0 bridgehead atoms. The summed E-state index contributed by atoms with van der Waals surface area (Å²) in [6.07, 6.45) is 4.44. The van der Waals surface area contributed by atoms with Crippen LogP contribution in [0.25, 0.3) is 0 Å². The van der Waals surface area contributed by atoms with Gasteiger partial charge >= 0.3 is 0 Å². The van der Waals surface area contributed by atoms with Crippen molar-refractivity contribution in [2.24, 2.45) is 0 Å². The van der Waals surface area contributed by atoms with Crippen LogP contribution < -0.4 is 4.74 Å². The van der Waals surface area contributed by atoms with E-state index in [1.807, 2.05) is 12.3 Å². The van der Waals surface area contributed by atoms with Gasteiger partial charge in [-0.2, -0.15) is 0 Å². The van der Waals surface area contributed by atoms with Gasteiger partial charge in [-0.05, 0) is 37.9 Å². The fraction of sp³-hybridized carbons (Fsp3) is 0.643. The molecule has 94 valence electrons. The van der Waals surface area contributed by atoms with Crippen molar-refractivity contribution in [1.29, 1.82) is 0 Å². The summed E-state index contributed by atoms with van der Waals surface area (Å²) in [6, 6.07) is 4.11. The van der Waals surface area contributed by atoms with Crippen LogP contribution in [0.5, 0.6) is 5.75 Å². The summed E-state index contributed by atoms with van der Waals surface area (Å²) in [4.78, 5) is 6.77. The van der Waals surface area contributed by atoms with Gasteiger partial charge in [0.05, 0.1) is 6.20 Å². The molecule has 0 radical (unpaired) electrons. The van der Waals surface area contributed by atoms with Crippen LogP contribution >= 0.6 is 0 Å². The van der Waals surface area contributed by atoms with E-state index >= 15 is 0 Å². The number of aromatic nitrogens is 1. The molecule has 1 saturated heterocycles. The maximum absolute atomic E-state index is 5.95. The molecule has 0 atom stereocenters. The van der Waals surface area contributed by atoms with E-state index in [0.717, 1.165) is 37.4 Å². The topological polar surface area (TPSA) is 25.4 Å². The smallest absolute Gasteiger partial charge is 0.138 e. The lowest BCUT2D eigenvalue weighted by atomic mass is 10.1. The van der Waals surface area contributed by atoms with E-state index in [4.69, 9.17) is 4.74 Å². The highest BCUT2D eigenvalue weighted by atomic mass is 16.5. The van der Waals surface area contributed by atoms with Crippen molar-refractivity contribution in [1.82, 2.24) is 9.88 Å². The van der Waals surface area contributed by atoms with E-state index in [0.29, 0.717) is 12.0 Å². The number of likely N-dealkylation sites (tertiary alicyclic amines) is 1. The van der Waals surface area contributed by atoms with Gasteiger partial charge in [-0.25, -0.2) is 0 Å². The Morgan fingerprint density at radius 2 is 2.00 bits per heavy atom. The van der Waals surface area contributed by atoms with Gasteiger partial charge in [0, 0.05) is 18.8 Å². The first-order valence-corrected chi connectivity index (χ1v) is 6.46. The Kier molecular flexibility index (Phi) is 4.00. The molecule has 0 unspecified atom stereocenters. The summed E-state index contributed by atoms with van der Waals surface area (Å²) in [5.74, 6) is 1.39. The molecular formula is C14H22N2O. The predicted molar refractivity (Wildman–Crippen MR) is 69.5 cm³/mol. The van der Waals surface area contributed by atoms with Gasteiger partial charge in [0.25, 0.3) is 0 Å². The van der Waals surface area contributed by atoms with E-state index in [1.165, 1.54) is 0 Å². The average Bonchev–Trinajstić information content (AvgIpc) is 2.33. The van der Waals surface area contributed by atoms with Crippen molar-refractivity contribution in [2.75, 3.05) is 20.1 Å². The lowest BCUT2D eigenvalue weighted by molar-refractivity contribution is 0.114. The Morgan fingerprint density at radius 3 is 2.53 bits per heavy atom. The maximum Gasteiger partial charge on any atom is 0.138 e. The van der Waals surface area contributed by atoms with Crippen LogP contribution in [-0.4, -0.2) is 36.1 Å². The molecule has 0 aliphatic carbocycles. The zero-order chi connectivity index (χ0) is 12.3. The second-order valence-electron chi connectivity index (χ2n) is 5.19. The molecule has 3 nitrogen and oxygen atoms in total. The molecular weight excluding hydrogens is 212 g/mol. The van der Waals surface area contributed by atoms with Gasteiger partial charge in [-0.3, -0.25) is 4.98 Å². The maximum atomic E-state index is 5.95. The van der Waals surface area contributed by atoms with Gasteiger partial charge in [0.1, 0.15) is 11.9 Å². The Morgan fingerprint density at radius 1 is 1.29 bits per heavy atom. The van der Waals surface area contributed by atoms with E-state index in [1.54, 1.807) is 0 Å². The molecule has 1 aromatic heterocycles. The van der Waals surface area contributed by atoms with Crippen molar-refractivity contribution in [3.8, 4) is 5.75 Å². The molecule has 0 N–H and O–H groups in total. The molecule has 1 fully saturated rings. The van der Waals surface area contributed by atoms with E-state index in [9.17, 15) is 0 Å². The second-order valence-corrected chi connectivity index (χ2v) is 5.19. The molecule has 0 spiro atoms. The first-order chi connectivity index (χ1) is 8.15. The van der Waals surface area contributed by atoms with Gasteiger partial charge in [0.15, 0.2) is 0 Å². The molecule has 1 aromatic rings. The van der Waals surface area contributed by atoms with Gasteiger partial charge < -0.3 is 9.64 Å². The van der Waals surface area contributed by atoms with E-state index in [-0.39, 0.29) is 0 Å². The fourth-order valence-electron chi connectivity index (χ4n) is 2.10. The van der Waals surface area contributed by atoms with Crippen LogP contribution in [0.15, 0.2) is 18.3 Å². The van der Waals surface area contributed by atoms with Crippen LogP contribution in [0.4, 0.5) is 0 Å². The van der Waals surface area contributed by atoms with Crippen molar-refractivity contribution in [3.63, 3.8) is 0 Å².